The number of hydrogen-bond donors (Lipinski definition) is 0. The van der Waals surface area contributed by atoms with E-state index in [1.165, 1.54) is 0 Å². The zero-order chi connectivity index (χ0) is 11.5. The summed E-state index contributed by atoms with van der Waals surface area (Å²) in [6.07, 6.45) is 3.52. The number of carbonyl (C=O) groups is 1. The van der Waals surface area contributed by atoms with Crippen LogP contribution < -0.4 is 0 Å². The van der Waals surface area contributed by atoms with E-state index >= 15 is 0 Å². The van der Waals surface area contributed by atoms with Crippen LogP contribution in [0.4, 0.5) is 0 Å². The predicted molar refractivity (Wildman–Crippen MR) is 60.8 cm³/mol. The molecule has 0 N–H and O–H groups in total. The number of unbranched alkanes of at least 4 members (excludes halogenated alkanes) is 2. The molecule has 0 saturated heterocycles. The summed E-state index contributed by atoms with van der Waals surface area (Å²) in [6.45, 7) is 8.18. The van der Waals surface area contributed by atoms with Gasteiger partial charge in [0.05, 0.1) is 6.61 Å². The predicted octanol–water partition coefficient (Wildman–Crippen LogP) is 2.78. The first-order valence-electron chi connectivity index (χ1n) is 5.90. The monoisotopic (exact) mass is 216 g/mol. The van der Waals surface area contributed by atoms with E-state index in [1.807, 2.05) is 20.8 Å². The molecule has 0 aliphatic heterocycles. The van der Waals surface area contributed by atoms with E-state index in [-0.39, 0.29) is 5.97 Å². The van der Waals surface area contributed by atoms with Gasteiger partial charge in [-0.15, -0.1) is 0 Å². The van der Waals surface area contributed by atoms with Crippen LogP contribution in [0.1, 0.15) is 46.5 Å². The molecule has 0 amide bonds. The molecule has 3 nitrogen and oxygen atoms in total. The molecule has 0 aromatic heterocycles. The van der Waals surface area contributed by atoms with Gasteiger partial charge in [-0.05, 0) is 25.7 Å². The van der Waals surface area contributed by atoms with Crippen molar-refractivity contribution < 1.29 is 14.3 Å². The lowest BCUT2D eigenvalue weighted by Crippen LogP contribution is -2.09. The molecular formula is C12H24O3. The van der Waals surface area contributed by atoms with Crippen molar-refractivity contribution in [3.63, 3.8) is 0 Å². The quantitative estimate of drug-likeness (QED) is 0.439. The molecule has 0 heterocycles. The Bertz CT molecular complexity index is 155. The molecule has 0 saturated carbocycles. The maximum Gasteiger partial charge on any atom is 0.305 e. The number of carbonyl (C=O) groups excluding carboxylic acids is 1. The van der Waals surface area contributed by atoms with Crippen LogP contribution in [0, 0.1) is 5.92 Å². The Labute approximate surface area is 93.1 Å². The summed E-state index contributed by atoms with van der Waals surface area (Å²) in [5.41, 5.74) is 0. The van der Waals surface area contributed by atoms with Crippen molar-refractivity contribution in [3.05, 3.63) is 0 Å². The van der Waals surface area contributed by atoms with Gasteiger partial charge in [-0.2, -0.15) is 0 Å². The topological polar surface area (TPSA) is 35.5 Å². The van der Waals surface area contributed by atoms with Crippen molar-refractivity contribution in [1.82, 2.24) is 0 Å². The van der Waals surface area contributed by atoms with Gasteiger partial charge in [-0.25, -0.2) is 0 Å². The summed E-state index contributed by atoms with van der Waals surface area (Å²) < 4.78 is 10.3. The van der Waals surface area contributed by atoms with Gasteiger partial charge in [0, 0.05) is 19.6 Å². The number of hydrogen-bond acceptors (Lipinski definition) is 3. The molecule has 0 spiro atoms. The van der Waals surface area contributed by atoms with Crippen molar-refractivity contribution in [2.75, 3.05) is 19.8 Å². The van der Waals surface area contributed by atoms with Gasteiger partial charge < -0.3 is 9.47 Å². The van der Waals surface area contributed by atoms with Crippen LogP contribution in [-0.2, 0) is 14.3 Å². The Morgan fingerprint density at radius 2 is 1.93 bits per heavy atom. The van der Waals surface area contributed by atoms with Gasteiger partial charge in [0.25, 0.3) is 0 Å². The smallest absolute Gasteiger partial charge is 0.305 e. The normalized spacial score (nSPS) is 10.7. The number of ether oxygens (including phenoxy) is 2. The van der Waals surface area contributed by atoms with Crippen LogP contribution in [0.25, 0.3) is 0 Å². The van der Waals surface area contributed by atoms with Gasteiger partial charge in [-0.1, -0.05) is 20.3 Å². The van der Waals surface area contributed by atoms with Gasteiger partial charge in [0.1, 0.15) is 0 Å². The molecular weight excluding hydrogens is 192 g/mol. The van der Waals surface area contributed by atoms with Crippen molar-refractivity contribution in [3.8, 4) is 0 Å². The molecule has 0 atom stereocenters. The fourth-order valence-corrected chi connectivity index (χ4v) is 1.13. The SMILES string of the molecule is CCOCCCCCC(=O)OCC(C)C. The summed E-state index contributed by atoms with van der Waals surface area (Å²) in [6, 6.07) is 0. The second-order valence-electron chi connectivity index (χ2n) is 4.08. The fourth-order valence-electron chi connectivity index (χ4n) is 1.13. The van der Waals surface area contributed by atoms with Crippen molar-refractivity contribution in [2.45, 2.75) is 46.5 Å². The number of esters is 1. The molecule has 0 fully saturated rings. The first-order chi connectivity index (χ1) is 7.16. The standard InChI is InChI=1S/C12H24O3/c1-4-14-9-7-5-6-8-12(13)15-10-11(2)3/h11H,4-10H2,1-3H3. The van der Waals surface area contributed by atoms with Gasteiger partial charge >= 0.3 is 5.97 Å². The second-order valence-corrected chi connectivity index (χ2v) is 4.08. The van der Waals surface area contributed by atoms with E-state index in [9.17, 15) is 4.79 Å². The Morgan fingerprint density at radius 3 is 2.53 bits per heavy atom. The zero-order valence-corrected chi connectivity index (χ0v) is 10.3. The average Bonchev–Trinajstić information content (AvgIpc) is 2.20. The maximum absolute atomic E-state index is 11.2. The highest BCUT2D eigenvalue weighted by Crippen LogP contribution is 2.03. The molecule has 0 aliphatic rings. The number of rotatable bonds is 9. The molecule has 0 aromatic rings. The highest BCUT2D eigenvalue weighted by Gasteiger charge is 2.03. The Morgan fingerprint density at radius 1 is 1.20 bits per heavy atom. The van der Waals surface area contributed by atoms with E-state index < -0.39 is 0 Å². The summed E-state index contributed by atoms with van der Waals surface area (Å²) in [5.74, 6) is 0.354. The molecule has 0 aromatic carbocycles. The maximum atomic E-state index is 11.2. The largest absolute Gasteiger partial charge is 0.465 e. The van der Waals surface area contributed by atoms with E-state index in [4.69, 9.17) is 9.47 Å². The van der Waals surface area contributed by atoms with E-state index in [2.05, 4.69) is 0 Å². The fraction of sp³-hybridized carbons (Fsp3) is 0.917. The summed E-state index contributed by atoms with van der Waals surface area (Å²) >= 11 is 0. The lowest BCUT2D eigenvalue weighted by molar-refractivity contribution is -0.144. The highest BCUT2D eigenvalue weighted by atomic mass is 16.5. The van der Waals surface area contributed by atoms with Crippen LogP contribution in [-0.4, -0.2) is 25.8 Å². The van der Waals surface area contributed by atoms with E-state index in [1.54, 1.807) is 0 Å². The van der Waals surface area contributed by atoms with Crippen LogP contribution in [0.3, 0.4) is 0 Å². The van der Waals surface area contributed by atoms with Crippen molar-refractivity contribution >= 4 is 5.97 Å². The third-order valence-corrected chi connectivity index (χ3v) is 1.95. The molecule has 0 aliphatic carbocycles. The summed E-state index contributed by atoms with van der Waals surface area (Å²) in [4.78, 5) is 11.2. The molecule has 0 radical (unpaired) electrons. The Kier molecular flexibility index (Phi) is 9.59. The Balaban J connectivity index is 3.17. The first-order valence-corrected chi connectivity index (χ1v) is 5.90. The van der Waals surface area contributed by atoms with Crippen LogP contribution >= 0.6 is 0 Å². The lowest BCUT2D eigenvalue weighted by atomic mass is 10.2. The molecule has 15 heavy (non-hydrogen) atoms. The van der Waals surface area contributed by atoms with Gasteiger partial charge in [-0.3, -0.25) is 4.79 Å². The van der Waals surface area contributed by atoms with Gasteiger partial charge in [0.2, 0.25) is 0 Å². The van der Waals surface area contributed by atoms with Crippen LogP contribution in [0.2, 0.25) is 0 Å². The van der Waals surface area contributed by atoms with Gasteiger partial charge in [0.15, 0.2) is 0 Å². The zero-order valence-electron chi connectivity index (χ0n) is 10.3. The summed E-state index contributed by atoms with van der Waals surface area (Å²) in [7, 11) is 0. The van der Waals surface area contributed by atoms with Crippen molar-refractivity contribution in [1.29, 1.82) is 0 Å². The average molecular weight is 216 g/mol. The molecule has 0 unspecified atom stereocenters. The van der Waals surface area contributed by atoms with Crippen LogP contribution in [0.5, 0.6) is 0 Å². The first kappa shape index (κ1) is 14.4. The summed E-state index contributed by atoms with van der Waals surface area (Å²) in [5, 5.41) is 0. The minimum Gasteiger partial charge on any atom is -0.465 e. The second kappa shape index (κ2) is 9.97. The minimum absolute atomic E-state index is 0.0693. The molecule has 0 bridgehead atoms. The lowest BCUT2D eigenvalue weighted by Gasteiger charge is -2.06. The molecule has 3 heteroatoms. The van der Waals surface area contributed by atoms with Crippen LogP contribution in [0.15, 0.2) is 0 Å². The molecule has 90 valence electrons. The Hall–Kier alpha value is -0.570. The third kappa shape index (κ3) is 11.4. The minimum atomic E-state index is -0.0693. The molecule has 0 rings (SSSR count). The van der Waals surface area contributed by atoms with E-state index in [0.717, 1.165) is 32.5 Å². The van der Waals surface area contributed by atoms with Crippen molar-refractivity contribution in [2.24, 2.45) is 5.92 Å². The highest BCUT2D eigenvalue weighted by molar-refractivity contribution is 5.69. The third-order valence-electron chi connectivity index (χ3n) is 1.95. The van der Waals surface area contributed by atoms with E-state index in [0.29, 0.717) is 18.9 Å².